The summed E-state index contributed by atoms with van der Waals surface area (Å²) in [5.41, 5.74) is 1.31. The molecule has 2 aromatic rings. The van der Waals surface area contributed by atoms with Crippen LogP contribution in [0.4, 0.5) is 0 Å². The Labute approximate surface area is 152 Å². The van der Waals surface area contributed by atoms with Crippen LogP contribution in [0.5, 0.6) is 0 Å². The molecule has 1 aliphatic rings. The number of rotatable bonds is 7. The molecule has 0 spiro atoms. The number of benzene rings is 1. The molecule has 26 heavy (non-hydrogen) atoms. The summed E-state index contributed by atoms with van der Waals surface area (Å²) in [6, 6.07) is 7.68. The molecule has 140 valence electrons. The topological polar surface area (TPSA) is 102 Å². The SMILES string of the molecule is Cn1nccc1CCNC(=O)c1cccc(S(=O)(=O)N[C@@H]2CCOC2)c1. The van der Waals surface area contributed by atoms with Gasteiger partial charge in [-0.2, -0.15) is 5.10 Å². The number of nitrogens with one attached hydrogen (secondary N) is 2. The van der Waals surface area contributed by atoms with Gasteiger partial charge in [-0.3, -0.25) is 9.48 Å². The zero-order valence-corrected chi connectivity index (χ0v) is 15.3. The maximum atomic E-state index is 12.5. The summed E-state index contributed by atoms with van der Waals surface area (Å²) in [6.45, 7) is 1.35. The lowest BCUT2D eigenvalue weighted by Crippen LogP contribution is -2.35. The number of carbonyl (C=O) groups is 1. The molecule has 8 nitrogen and oxygen atoms in total. The number of hydrogen-bond donors (Lipinski definition) is 2. The Morgan fingerprint density at radius 1 is 1.38 bits per heavy atom. The van der Waals surface area contributed by atoms with Crippen molar-refractivity contribution >= 4 is 15.9 Å². The van der Waals surface area contributed by atoms with E-state index < -0.39 is 10.0 Å². The fourth-order valence-corrected chi connectivity index (χ4v) is 4.07. The van der Waals surface area contributed by atoms with E-state index in [1.165, 1.54) is 12.1 Å². The molecule has 1 aromatic carbocycles. The van der Waals surface area contributed by atoms with Gasteiger partial charge in [0.2, 0.25) is 10.0 Å². The zero-order valence-electron chi connectivity index (χ0n) is 14.5. The third-order valence-electron chi connectivity index (χ3n) is 4.25. The van der Waals surface area contributed by atoms with Crippen molar-refractivity contribution in [3.8, 4) is 0 Å². The molecule has 1 fully saturated rings. The van der Waals surface area contributed by atoms with Crippen LogP contribution in [-0.2, 0) is 28.2 Å². The van der Waals surface area contributed by atoms with E-state index in [4.69, 9.17) is 4.74 Å². The first kappa shape index (κ1) is 18.6. The average molecular weight is 378 g/mol. The highest BCUT2D eigenvalue weighted by Crippen LogP contribution is 2.14. The minimum Gasteiger partial charge on any atom is -0.380 e. The number of hydrogen-bond acceptors (Lipinski definition) is 5. The quantitative estimate of drug-likeness (QED) is 0.729. The fourth-order valence-electron chi connectivity index (χ4n) is 2.77. The Balaban J connectivity index is 1.62. The van der Waals surface area contributed by atoms with Crippen LogP contribution in [0.1, 0.15) is 22.5 Å². The second-order valence-corrected chi connectivity index (χ2v) is 7.88. The molecular formula is C17H22N4O4S. The fraction of sp³-hybridized carbons (Fsp3) is 0.412. The van der Waals surface area contributed by atoms with Crippen LogP contribution in [0.3, 0.4) is 0 Å². The molecule has 0 aliphatic carbocycles. The van der Waals surface area contributed by atoms with Crippen LogP contribution in [0.2, 0.25) is 0 Å². The molecule has 9 heteroatoms. The van der Waals surface area contributed by atoms with Crippen molar-refractivity contribution in [1.29, 1.82) is 0 Å². The second-order valence-electron chi connectivity index (χ2n) is 6.16. The molecule has 1 amide bonds. The molecule has 0 saturated carbocycles. The molecule has 0 radical (unpaired) electrons. The number of carbonyl (C=O) groups excluding carboxylic acids is 1. The highest BCUT2D eigenvalue weighted by atomic mass is 32.2. The molecule has 1 atom stereocenters. The van der Waals surface area contributed by atoms with Gasteiger partial charge >= 0.3 is 0 Å². The van der Waals surface area contributed by atoms with E-state index in [2.05, 4.69) is 15.1 Å². The van der Waals surface area contributed by atoms with Crippen molar-refractivity contribution in [2.24, 2.45) is 7.05 Å². The van der Waals surface area contributed by atoms with Crippen LogP contribution < -0.4 is 10.0 Å². The summed E-state index contributed by atoms with van der Waals surface area (Å²) in [5.74, 6) is -0.312. The van der Waals surface area contributed by atoms with Gasteiger partial charge in [0, 0.05) is 50.1 Å². The zero-order chi connectivity index (χ0) is 18.6. The minimum atomic E-state index is -3.68. The Kier molecular flexibility index (Phi) is 5.70. The molecule has 2 N–H and O–H groups in total. The molecule has 1 aliphatic heterocycles. The number of amides is 1. The third-order valence-corrected chi connectivity index (χ3v) is 5.77. The largest absolute Gasteiger partial charge is 0.380 e. The lowest BCUT2D eigenvalue weighted by molar-refractivity contribution is 0.0953. The van der Waals surface area contributed by atoms with E-state index in [-0.39, 0.29) is 16.8 Å². The van der Waals surface area contributed by atoms with Gasteiger partial charge in [-0.1, -0.05) is 6.07 Å². The maximum absolute atomic E-state index is 12.5. The van der Waals surface area contributed by atoms with Gasteiger partial charge in [0.15, 0.2) is 0 Å². The van der Waals surface area contributed by atoms with E-state index in [0.29, 0.717) is 38.2 Å². The monoisotopic (exact) mass is 378 g/mol. The van der Waals surface area contributed by atoms with Crippen molar-refractivity contribution in [3.05, 3.63) is 47.8 Å². The summed E-state index contributed by atoms with van der Waals surface area (Å²) >= 11 is 0. The lowest BCUT2D eigenvalue weighted by atomic mass is 10.2. The van der Waals surface area contributed by atoms with Crippen LogP contribution in [0.25, 0.3) is 0 Å². The van der Waals surface area contributed by atoms with E-state index in [1.807, 2.05) is 13.1 Å². The minimum absolute atomic E-state index is 0.0729. The highest BCUT2D eigenvalue weighted by Gasteiger charge is 2.24. The lowest BCUT2D eigenvalue weighted by Gasteiger charge is -2.12. The molecular weight excluding hydrogens is 356 g/mol. The van der Waals surface area contributed by atoms with Crippen molar-refractivity contribution in [2.45, 2.75) is 23.8 Å². The van der Waals surface area contributed by atoms with Crippen LogP contribution >= 0.6 is 0 Å². The Morgan fingerprint density at radius 3 is 2.92 bits per heavy atom. The van der Waals surface area contributed by atoms with Gasteiger partial charge in [-0.05, 0) is 30.7 Å². The predicted molar refractivity (Wildman–Crippen MR) is 95.2 cm³/mol. The first-order chi connectivity index (χ1) is 12.5. The summed E-state index contributed by atoms with van der Waals surface area (Å²) < 4.78 is 34.5. The molecule has 0 bridgehead atoms. The number of aryl methyl sites for hydroxylation is 1. The number of nitrogens with zero attached hydrogens (tertiary/aromatic N) is 2. The van der Waals surface area contributed by atoms with Crippen molar-refractivity contribution < 1.29 is 17.9 Å². The van der Waals surface area contributed by atoms with Gasteiger partial charge in [0.1, 0.15) is 0 Å². The summed E-state index contributed by atoms with van der Waals surface area (Å²) in [4.78, 5) is 12.4. The number of aromatic nitrogens is 2. The molecule has 0 unspecified atom stereocenters. The summed E-state index contributed by atoms with van der Waals surface area (Å²) in [7, 11) is -1.84. The van der Waals surface area contributed by atoms with Gasteiger partial charge in [-0.25, -0.2) is 13.1 Å². The Hall–Kier alpha value is -2.23. The Morgan fingerprint density at radius 2 is 2.23 bits per heavy atom. The van der Waals surface area contributed by atoms with Gasteiger partial charge in [-0.15, -0.1) is 0 Å². The van der Waals surface area contributed by atoms with E-state index in [9.17, 15) is 13.2 Å². The van der Waals surface area contributed by atoms with Crippen LogP contribution in [0, 0.1) is 0 Å². The van der Waals surface area contributed by atoms with Gasteiger partial charge in [0.05, 0.1) is 11.5 Å². The molecule has 3 rings (SSSR count). The number of sulfonamides is 1. The van der Waals surface area contributed by atoms with Crippen molar-refractivity contribution in [2.75, 3.05) is 19.8 Å². The van der Waals surface area contributed by atoms with E-state index in [0.717, 1.165) is 5.69 Å². The maximum Gasteiger partial charge on any atom is 0.251 e. The normalized spacial score (nSPS) is 17.3. The van der Waals surface area contributed by atoms with Crippen LogP contribution in [0.15, 0.2) is 41.4 Å². The molecule has 1 aromatic heterocycles. The molecule has 2 heterocycles. The van der Waals surface area contributed by atoms with Crippen LogP contribution in [-0.4, -0.2) is 49.9 Å². The first-order valence-corrected chi connectivity index (χ1v) is 9.89. The average Bonchev–Trinajstić information content (AvgIpc) is 3.26. The first-order valence-electron chi connectivity index (χ1n) is 8.41. The van der Waals surface area contributed by atoms with E-state index in [1.54, 1.807) is 23.0 Å². The summed E-state index contributed by atoms with van der Waals surface area (Å²) in [6.07, 6.45) is 2.99. The second kappa shape index (κ2) is 7.98. The van der Waals surface area contributed by atoms with Gasteiger partial charge in [0.25, 0.3) is 5.91 Å². The standard InChI is InChI=1S/C17H22N4O4S/c1-21-15(6-9-19-21)5-8-18-17(22)13-3-2-4-16(11-13)26(23,24)20-14-7-10-25-12-14/h2-4,6,9,11,14,20H,5,7-8,10,12H2,1H3,(H,18,22)/t14-/m1/s1. The van der Waals surface area contributed by atoms with Gasteiger partial charge < -0.3 is 10.1 Å². The Bertz CT molecular complexity index is 872. The molecule has 1 saturated heterocycles. The highest BCUT2D eigenvalue weighted by molar-refractivity contribution is 7.89. The van der Waals surface area contributed by atoms with Crippen molar-refractivity contribution in [3.63, 3.8) is 0 Å². The third kappa shape index (κ3) is 4.48. The van der Waals surface area contributed by atoms with Crippen molar-refractivity contribution in [1.82, 2.24) is 19.8 Å². The predicted octanol–water partition coefficient (Wildman–Crippen LogP) is 0.460. The smallest absolute Gasteiger partial charge is 0.251 e. The summed E-state index contributed by atoms with van der Waals surface area (Å²) in [5, 5.41) is 6.88. The van der Waals surface area contributed by atoms with E-state index >= 15 is 0 Å². The number of ether oxygens (including phenoxy) is 1.